The topological polar surface area (TPSA) is 57.4 Å². The maximum absolute atomic E-state index is 5.24. The van der Waals surface area contributed by atoms with Crippen LogP contribution >= 0.6 is 0 Å². The summed E-state index contributed by atoms with van der Waals surface area (Å²) in [7, 11) is 3.19. The molecule has 0 bridgehead atoms. The van der Waals surface area contributed by atoms with Crippen LogP contribution in [0.2, 0.25) is 0 Å². The first-order valence-electron chi connectivity index (χ1n) is 5.71. The highest BCUT2D eigenvalue weighted by Crippen LogP contribution is 2.31. The van der Waals surface area contributed by atoms with Crippen LogP contribution < -0.4 is 9.47 Å². The maximum atomic E-state index is 5.24. The standard InChI is InChI=1S/C13H16N2O3/c1-8(2)12-14-13(18-15-12)9-5-6-10(16-3)11(7-9)17-4/h5-8H,1-4H3. The lowest BCUT2D eigenvalue weighted by atomic mass is 10.2. The SMILES string of the molecule is COc1ccc(-c2nc(C(C)C)no2)cc1OC. The number of nitrogens with zero attached hydrogens (tertiary/aromatic N) is 2. The highest BCUT2D eigenvalue weighted by Gasteiger charge is 2.13. The van der Waals surface area contributed by atoms with Gasteiger partial charge in [-0.2, -0.15) is 4.98 Å². The minimum Gasteiger partial charge on any atom is -0.493 e. The van der Waals surface area contributed by atoms with E-state index < -0.39 is 0 Å². The first kappa shape index (κ1) is 12.4. The summed E-state index contributed by atoms with van der Waals surface area (Å²) < 4.78 is 15.6. The zero-order valence-electron chi connectivity index (χ0n) is 10.9. The van der Waals surface area contributed by atoms with Crippen molar-refractivity contribution < 1.29 is 14.0 Å². The van der Waals surface area contributed by atoms with Crippen LogP contribution in [0.1, 0.15) is 25.6 Å². The van der Waals surface area contributed by atoms with Crippen molar-refractivity contribution >= 4 is 0 Å². The van der Waals surface area contributed by atoms with Crippen molar-refractivity contribution in [3.63, 3.8) is 0 Å². The van der Waals surface area contributed by atoms with Crippen LogP contribution in [0.5, 0.6) is 11.5 Å². The Labute approximate surface area is 106 Å². The van der Waals surface area contributed by atoms with Crippen LogP contribution in [0.15, 0.2) is 22.7 Å². The third kappa shape index (κ3) is 2.30. The Bertz CT molecular complexity index is 535. The molecule has 0 aliphatic rings. The summed E-state index contributed by atoms with van der Waals surface area (Å²) in [5, 5.41) is 3.93. The predicted octanol–water partition coefficient (Wildman–Crippen LogP) is 2.88. The van der Waals surface area contributed by atoms with E-state index in [-0.39, 0.29) is 5.92 Å². The predicted molar refractivity (Wildman–Crippen MR) is 66.9 cm³/mol. The summed E-state index contributed by atoms with van der Waals surface area (Å²) in [4.78, 5) is 4.34. The van der Waals surface area contributed by atoms with E-state index in [0.29, 0.717) is 23.2 Å². The van der Waals surface area contributed by atoms with Gasteiger partial charge in [-0.3, -0.25) is 0 Å². The lowest BCUT2D eigenvalue weighted by Crippen LogP contribution is -1.91. The monoisotopic (exact) mass is 248 g/mol. The molecule has 0 unspecified atom stereocenters. The van der Waals surface area contributed by atoms with E-state index in [4.69, 9.17) is 14.0 Å². The van der Waals surface area contributed by atoms with Gasteiger partial charge in [0.05, 0.1) is 14.2 Å². The molecular formula is C13H16N2O3. The third-order valence-corrected chi connectivity index (χ3v) is 2.59. The van der Waals surface area contributed by atoms with Crippen molar-refractivity contribution in [2.75, 3.05) is 14.2 Å². The molecule has 0 radical (unpaired) electrons. The van der Waals surface area contributed by atoms with E-state index in [0.717, 1.165) is 5.56 Å². The largest absolute Gasteiger partial charge is 0.493 e. The molecule has 5 heteroatoms. The zero-order chi connectivity index (χ0) is 13.1. The van der Waals surface area contributed by atoms with Crippen LogP contribution in [0, 0.1) is 0 Å². The number of benzene rings is 1. The molecule has 96 valence electrons. The van der Waals surface area contributed by atoms with E-state index in [1.165, 1.54) is 0 Å². The van der Waals surface area contributed by atoms with Gasteiger partial charge in [0.1, 0.15) is 0 Å². The fraction of sp³-hybridized carbons (Fsp3) is 0.385. The molecule has 2 rings (SSSR count). The Kier molecular flexibility index (Phi) is 3.50. The molecule has 0 amide bonds. The van der Waals surface area contributed by atoms with E-state index in [9.17, 15) is 0 Å². The normalized spacial score (nSPS) is 10.7. The third-order valence-electron chi connectivity index (χ3n) is 2.59. The summed E-state index contributed by atoms with van der Waals surface area (Å²) in [5.74, 6) is 2.73. The second kappa shape index (κ2) is 5.08. The van der Waals surface area contributed by atoms with Crippen LogP contribution in [0.25, 0.3) is 11.5 Å². The Morgan fingerprint density at radius 3 is 2.39 bits per heavy atom. The molecule has 0 aliphatic heterocycles. The molecule has 2 aromatic rings. The second-order valence-corrected chi connectivity index (χ2v) is 4.18. The summed E-state index contributed by atoms with van der Waals surface area (Å²) in [6.45, 7) is 4.03. The molecule has 0 atom stereocenters. The average Bonchev–Trinajstić information content (AvgIpc) is 2.87. The second-order valence-electron chi connectivity index (χ2n) is 4.18. The van der Waals surface area contributed by atoms with Crippen molar-refractivity contribution in [2.45, 2.75) is 19.8 Å². The first-order chi connectivity index (χ1) is 8.65. The van der Waals surface area contributed by atoms with Crippen LogP contribution in [-0.4, -0.2) is 24.4 Å². The Balaban J connectivity index is 2.38. The summed E-state index contributed by atoms with van der Waals surface area (Å²) in [6.07, 6.45) is 0. The summed E-state index contributed by atoms with van der Waals surface area (Å²) in [6, 6.07) is 5.49. The van der Waals surface area contributed by atoms with Crippen molar-refractivity contribution in [1.29, 1.82) is 0 Å². The molecule has 1 aromatic heterocycles. The molecule has 0 N–H and O–H groups in total. The highest BCUT2D eigenvalue weighted by molar-refractivity contribution is 5.59. The summed E-state index contributed by atoms with van der Waals surface area (Å²) in [5.41, 5.74) is 0.812. The van der Waals surface area contributed by atoms with Gasteiger partial charge in [0, 0.05) is 11.5 Å². The molecule has 0 aliphatic carbocycles. The van der Waals surface area contributed by atoms with Crippen molar-refractivity contribution in [2.24, 2.45) is 0 Å². The molecule has 0 fully saturated rings. The van der Waals surface area contributed by atoms with Crippen molar-refractivity contribution in [1.82, 2.24) is 10.1 Å². The molecule has 1 aromatic carbocycles. The number of rotatable bonds is 4. The minimum absolute atomic E-state index is 0.239. The highest BCUT2D eigenvalue weighted by atomic mass is 16.5. The summed E-state index contributed by atoms with van der Waals surface area (Å²) >= 11 is 0. The van der Waals surface area contributed by atoms with Gasteiger partial charge in [0.15, 0.2) is 17.3 Å². The average molecular weight is 248 g/mol. The van der Waals surface area contributed by atoms with Crippen LogP contribution in [0.3, 0.4) is 0 Å². The number of hydrogen-bond donors (Lipinski definition) is 0. The number of methoxy groups -OCH3 is 2. The van der Waals surface area contributed by atoms with Gasteiger partial charge in [0.2, 0.25) is 0 Å². The van der Waals surface area contributed by atoms with E-state index in [2.05, 4.69) is 10.1 Å². The molecule has 5 nitrogen and oxygen atoms in total. The molecule has 0 saturated heterocycles. The Morgan fingerprint density at radius 1 is 1.11 bits per heavy atom. The van der Waals surface area contributed by atoms with Gasteiger partial charge >= 0.3 is 0 Å². The maximum Gasteiger partial charge on any atom is 0.258 e. The first-order valence-corrected chi connectivity index (χ1v) is 5.71. The van der Waals surface area contributed by atoms with Gasteiger partial charge in [-0.1, -0.05) is 19.0 Å². The number of hydrogen-bond acceptors (Lipinski definition) is 5. The Morgan fingerprint density at radius 2 is 1.83 bits per heavy atom. The van der Waals surface area contributed by atoms with Crippen LogP contribution in [0.4, 0.5) is 0 Å². The van der Waals surface area contributed by atoms with E-state index in [1.807, 2.05) is 32.0 Å². The van der Waals surface area contributed by atoms with Crippen molar-refractivity contribution in [3.05, 3.63) is 24.0 Å². The lowest BCUT2D eigenvalue weighted by Gasteiger charge is -2.07. The smallest absolute Gasteiger partial charge is 0.258 e. The van der Waals surface area contributed by atoms with Gasteiger partial charge in [-0.25, -0.2) is 0 Å². The quantitative estimate of drug-likeness (QED) is 0.832. The van der Waals surface area contributed by atoms with Crippen LogP contribution in [-0.2, 0) is 0 Å². The van der Waals surface area contributed by atoms with Gasteiger partial charge < -0.3 is 14.0 Å². The van der Waals surface area contributed by atoms with E-state index >= 15 is 0 Å². The van der Waals surface area contributed by atoms with Gasteiger partial charge in [-0.05, 0) is 18.2 Å². The van der Waals surface area contributed by atoms with Gasteiger partial charge in [-0.15, -0.1) is 0 Å². The molecule has 0 spiro atoms. The molecule has 18 heavy (non-hydrogen) atoms. The molecule has 0 saturated carbocycles. The molecule has 1 heterocycles. The molecular weight excluding hydrogens is 232 g/mol. The zero-order valence-corrected chi connectivity index (χ0v) is 10.9. The number of ether oxygens (including phenoxy) is 2. The Hall–Kier alpha value is -2.04. The number of aromatic nitrogens is 2. The fourth-order valence-corrected chi connectivity index (χ4v) is 1.56. The van der Waals surface area contributed by atoms with Gasteiger partial charge in [0.25, 0.3) is 5.89 Å². The van der Waals surface area contributed by atoms with E-state index in [1.54, 1.807) is 14.2 Å². The lowest BCUT2D eigenvalue weighted by molar-refractivity contribution is 0.355. The minimum atomic E-state index is 0.239. The fourth-order valence-electron chi connectivity index (χ4n) is 1.56. The van der Waals surface area contributed by atoms with Crippen molar-refractivity contribution in [3.8, 4) is 23.0 Å².